The van der Waals surface area contributed by atoms with Crippen molar-refractivity contribution in [3.8, 4) is 0 Å². The lowest BCUT2D eigenvalue weighted by atomic mass is 9.77. The standard InChI is InChI=1S/C19H28ClN3O2/c1-23-14-19(6-8-21-9-7-19)12-17(23)18(24)22-10-11-25-13-15-2-4-16(20)5-3-15/h2-5,17,21H,6-14H2,1H3,(H,22,24)/t17-/m0/s1. The van der Waals surface area contributed by atoms with E-state index in [2.05, 4.69) is 22.6 Å². The fourth-order valence-corrected chi connectivity index (χ4v) is 4.14. The normalized spacial score (nSPS) is 23.0. The lowest BCUT2D eigenvalue weighted by molar-refractivity contribution is -0.125. The van der Waals surface area contributed by atoms with E-state index in [9.17, 15) is 4.79 Å². The van der Waals surface area contributed by atoms with Crippen LogP contribution in [0.1, 0.15) is 24.8 Å². The quantitative estimate of drug-likeness (QED) is 0.757. The Morgan fingerprint density at radius 1 is 1.36 bits per heavy atom. The Hall–Kier alpha value is -1.14. The van der Waals surface area contributed by atoms with Gasteiger partial charge in [-0.25, -0.2) is 0 Å². The van der Waals surface area contributed by atoms with E-state index in [1.165, 1.54) is 12.8 Å². The zero-order chi connectivity index (χ0) is 17.7. The zero-order valence-electron chi connectivity index (χ0n) is 14.9. The molecule has 5 nitrogen and oxygen atoms in total. The minimum atomic E-state index is -0.00522. The summed E-state index contributed by atoms with van der Waals surface area (Å²) in [6, 6.07) is 7.61. The fourth-order valence-electron chi connectivity index (χ4n) is 4.02. The van der Waals surface area contributed by atoms with Crippen molar-refractivity contribution in [1.82, 2.24) is 15.5 Å². The van der Waals surface area contributed by atoms with Crippen molar-refractivity contribution < 1.29 is 9.53 Å². The largest absolute Gasteiger partial charge is 0.375 e. The molecule has 0 bridgehead atoms. The second kappa shape index (κ2) is 8.49. The summed E-state index contributed by atoms with van der Waals surface area (Å²) in [7, 11) is 2.07. The molecule has 0 radical (unpaired) electrons. The van der Waals surface area contributed by atoms with Crippen LogP contribution >= 0.6 is 11.6 Å². The monoisotopic (exact) mass is 365 g/mol. The minimum Gasteiger partial charge on any atom is -0.375 e. The van der Waals surface area contributed by atoms with Gasteiger partial charge in [-0.3, -0.25) is 9.69 Å². The predicted molar refractivity (Wildman–Crippen MR) is 99.7 cm³/mol. The van der Waals surface area contributed by atoms with E-state index in [0.29, 0.717) is 25.2 Å². The number of hydrogen-bond acceptors (Lipinski definition) is 4. The van der Waals surface area contributed by atoms with Crippen LogP contribution in [0.5, 0.6) is 0 Å². The summed E-state index contributed by atoms with van der Waals surface area (Å²) in [5.74, 6) is 0.132. The van der Waals surface area contributed by atoms with Crippen molar-refractivity contribution in [3.05, 3.63) is 34.9 Å². The third-order valence-corrected chi connectivity index (χ3v) is 5.69. The molecule has 1 aromatic rings. The summed E-state index contributed by atoms with van der Waals surface area (Å²) in [5, 5.41) is 7.17. The summed E-state index contributed by atoms with van der Waals surface area (Å²) in [4.78, 5) is 14.7. The van der Waals surface area contributed by atoms with Crippen molar-refractivity contribution in [2.75, 3.05) is 39.8 Å². The highest BCUT2D eigenvalue weighted by molar-refractivity contribution is 6.30. The van der Waals surface area contributed by atoms with Gasteiger partial charge in [0.15, 0.2) is 0 Å². The number of nitrogens with one attached hydrogen (secondary N) is 2. The maximum Gasteiger partial charge on any atom is 0.237 e. The molecule has 2 heterocycles. The molecular formula is C19H28ClN3O2. The van der Waals surface area contributed by atoms with E-state index >= 15 is 0 Å². The Labute approximate surface area is 155 Å². The number of piperidine rings is 1. The molecule has 0 saturated carbocycles. The smallest absolute Gasteiger partial charge is 0.237 e. The summed E-state index contributed by atoms with van der Waals surface area (Å²) in [6.45, 7) is 4.76. The van der Waals surface area contributed by atoms with Gasteiger partial charge in [-0.2, -0.15) is 0 Å². The van der Waals surface area contributed by atoms with Crippen LogP contribution < -0.4 is 10.6 Å². The Kier molecular flexibility index (Phi) is 6.34. The average molecular weight is 366 g/mol. The highest BCUT2D eigenvalue weighted by Gasteiger charge is 2.45. The number of carbonyl (C=O) groups excluding carboxylic acids is 1. The van der Waals surface area contributed by atoms with Crippen LogP contribution in [0.15, 0.2) is 24.3 Å². The summed E-state index contributed by atoms with van der Waals surface area (Å²) in [5.41, 5.74) is 1.41. The number of amides is 1. The van der Waals surface area contributed by atoms with Crippen LogP contribution in [0, 0.1) is 5.41 Å². The van der Waals surface area contributed by atoms with Crippen molar-refractivity contribution in [1.29, 1.82) is 0 Å². The number of likely N-dealkylation sites (N-methyl/N-ethyl adjacent to an activating group) is 1. The van der Waals surface area contributed by atoms with Gasteiger partial charge in [0.25, 0.3) is 0 Å². The first-order chi connectivity index (χ1) is 12.1. The van der Waals surface area contributed by atoms with Gasteiger partial charge in [-0.05, 0) is 62.5 Å². The molecule has 1 aromatic carbocycles. The van der Waals surface area contributed by atoms with E-state index in [0.717, 1.165) is 36.6 Å². The number of nitrogens with zero attached hydrogens (tertiary/aromatic N) is 1. The Morgan fingerprint density at radius 3 is 2.80 bits per heavy atom. The first-order valence-electron chi connectivity index (χ1n) is 9.09. The lowest BCUT2D eigenvalue weighted by Crippen LogP contribution is -2.42. The zero-order valence-corrected chi connectivity index (χ0v) is 15.6. The first-order valence-corrected chi connectivity index (χ1v) is 9.47. The number of likely N-dealkylation sites (tertiary alicyclic amines) is 1. The first kappa shape index (κ1) is 18.6. The third kappa shape index (κ3) is 4.94. The number of rotatable bonds is 6. The second-order valence-electron chi connectivity index (χ2n) is 7.36. The van der Waals surface area contributed by atoms with Gasteiger partial charge in [-0.1, -0.05) is 23.7 Å². The van der Waals surface area contributed by atoms with E-state index < -0.39 is 0 Å². The number of ether oxygens (including phenoxy) is 1. The maximum absolute atomic E-state index is 12.5. The molecule has 2 aliphatic heterocycles. The maximum atomic E-state index is 12.5. The number of carbonyl (C=O) groups is 1. The van der Waals surface area contributed by atoms with Gasteiger partial charge in [0.1, 0.15) is 0 Å². The third-order valence-electron chi connectivity index (χ3n) is 5.44. The Balaban J connectivity index is 1.37. The molecule has 0 unspecified atom stereocenters. The Morgan fingerprint density at radius 2 is 2.08 bits per heavy atom. The molecule has 3 rings (SSSR count). The second-order valence-corrected chi connectivity index (χ2v) is 7.79. The lowest BCUT2D eigenvalue weighted by Gasteiger charge is -2.33. The molecule has 6 heteroatoms. The molecule has 1 atom stereocenters. The molecule has 25 heavy (non-hydrogen) atoms. The van der Waals surface area contributed by atoms with Gasteiger partial charge in [0.05, 0.1) is 19.3 Å². The van der Waals surface area contributed by atoms with E-state index in [1.807, 2.05) is 24.3 Å². The Bertz CT molecular complexity index is 573. The van der Waals surface area contributed by atoms with Crippen LogP contribution in [-0.4, -0.2) is 56.7 Å². The highest BCUT2D eigenvalue weighted by Crippen LogP contribution is 2.41. The number of hydrogen-bond donors (Lipinski definition) is 2. The number of halogens is 1. The summed E-state index contributed by atoms with van der Waals surface area (Å²) in [6.07, 6.45) is 3.32. The molecule has 2 N–H and O–H groups in total. The van der Waals surface area contributed by atoms with Crippen LogP contribution in [0.4, 0.5) is 0 Å². The molecule has 0 aliphatic carbocycles. The van der Waals surface area contributed by atoms with E-state index in [1.54, 1.807) is 0 Å². The van der Waals surface area contributed by atoms with Gasteiger partial charge >= 0.3 is 0 Å². The van der Waals surface area contributed by atoms with Crippen molar-refractivity contribution >= 4 is 17.5 Å². The highest BCUT2D eigenvalue weighted by atomic mass is 35.5. The van der Waals surface area contributed by atoms with Gasteiger partial charge in [0.2, 0.25) is 5.91 Å². The van der Waals surface area contributed by atoms with Gasteiger partial charge in [0, 0.05) is 18.1 Å². The molecular weight excluding hydrogens is 338 g/mol. The molecule has 1 spiro atoms. The van der Waals surface area contributed by atoms with Crippen molar-refractivity contribution in [2.24, 2.45) is 5.41 Å². The van der Waals surface area contributed by atoms with Crippen LogP contribution in [0.25, 0.3) is 0 Å². The van der Waals surface area contributed by atoms with Gasteiger partial charge < -0.3 is 15.4 Å². The molecule has 138 valence electrons. The fraction of sp³-hybridized carbons (Fsp3) is 0.632. The van der Waals surface area contributed by atoms with E-state index in [-0.39, 0.29) is 11.9 Å². The van der Waals surface area contributed by atoms with E-state index in [4.69, 9.17) is 16.3 Å². The summed E-state index contributed by atoms with van der Waals surface area (Å²) >= 11 is 5.86. The molecule has 2 saturated heterocycles. The van der Waals surface area contributed by atoms with Crippen molar-refractivity contribution in [3.63, 3.8) is 0 Å². The van der Waals surface area contributed by atoms with Crippen LogP contribution in [0.3, 0.4) is 0 Å². The molecule has 0 aromatic heterocycles. The average Bonchev–Trinajstić information content (AvgIpc) is 2.92. The SMILES string of the molecule is CN1CC2(CCNCC2)C[C@H]1C(=O)NCCOCc1ccc(Cl)cc1. The minimum absolute atomic E-state index is 0.00522. The predicted octanol–water partition coefficient (Wildman–Crippen LogP) is 2.05. The van der Waals surface area contributed by atoms with Crippen molar-refractivity contribution in [2.45, 2.75) is 31.9 Å². The molecule has 2 fully saturated rings. The van der Waals surface area contributed by atoms with Gasteiger partial charge in [-0.15, -0.1) is 0 Å². The topological polar surface area (TPSA) is 53.6 Å². The molecule has 2 aliphatic rings. The summed E-state index contributed by atoms with van der Waals surface area (Å²) < 4.78 is 5.63. The number of benzene rings is 1. The van der Waals surface area contributed by atoms with Crippen LogP contribution in [0.2, 0.25) is 5.02 Å². The van der Waals surface area contributed by atoms with Crippen LogP contribution in [-0.2, 0) is 16.1 Å². The molecule has 1 amide bonds.